The van der Waals surface area contributed by atoms with Crippen LogP contribution in [0, 0.1) is 5.92 Å². The minimum atomic E-state index is 0.237. The Morgan fingerprint density at radius 1 is 0.784 bits per heavy atom. The molecule has 2 aromatic rings. The van der Waals surface area contributed by atoms with Crippen LogP contribution in [0.3, 0.4) is 0 Å². The summed E-state index contributed by atoms with van der Waals surface area (Å²) in [6, 6.07) is 20.0. The van der Waals surface area contributed by atoms with E-state index in [1.54, 1.807) is 4.90 Å². The average molecular weight is 505 g/mol. The molecule has 1 aliphatic carbocycles. The quantitative estimate of drug-likeness (QED) is 0.499. The Hall–Kier alpha value is -3.02. The van der Waals surface area contributed by atoms with Crippen molar-refractivity contribution in [1.29, 1.82) is 0 Å². The van der Waals surface area contributed by atoms with Gasteiger partial charge in [0.1, 0.15) is 0 Å². The van der Waals surface area contributed by atoms with Crippen LogP contribution >= 0.6 is 0 Å². The number of piperazine rings is 1. The molecule has 6 nitrogen and oxygen atoms in total. The largest absolute Gasteiger partial charge is 0.368 e. The number of piperidine rings is 1. The number of urea groups is 1. The van der Waals surface area contributed by atoms with Gasteiger partial charge in [-0.3, -0.25) is 4.79 Å². The molecule has 0 bridgehead atoms. The van der Waals surface area contributed by atoms with Gasteiger partial charge in [-0.2, -0.15) is 0 Å². The number of carbonyl (C=O) groups is 2. The van der Waals surface area contributed by atoms with E-state index in [1.807, 2.05) is 18.0 Å². The molecule has 2 aromatic carbocycles. The minimum Gasteiger partial charge on any atom is -0.368 e. The zero-order valence-electron chi connectivity index (χ0n) is 22.7. The maximum Gasteiger partial charge on any atom is 0.320 e. The lowest BCUT2D eigenvalue weighted by Gasteiger charge is -2.40. The molecule has 1 saturated carbocycles. The van der Waals surface area contributed by atoms with Crippen LogP contribution in [0.15, 0.2) is 54.6 Å². The number of rotatable bonds is 4. The van der Waals surface area contributed by atoms with Gasteiger partial charge in [0, 0.05) is 58.0 Å². The summed E-state index contributed by atoms with van der Waals surface area (Å²) in [6.07, 6.45) is 9.67. The summed E-state index contributed by atoms with van der Waals surface area (Å²) < 4.78 is 0. The number of hydrogen-bond donors (Lipinski definition) is 0. The summed E-state index contributed by atoms with van der Waals surface area (Å²) in [5.41, 5.74) is 3.73. The number of hydrogen-bond acceptors (Lipinski definition) is 3. The van der Waals surface area contributed by atoms with Gasteiger partial charge in [-0.25, -0.2) is 4.79 Å². The van der Waals surface area contributed by atoms with Crippen molar-refractivity contribution in [2.24, 2.45) is 5.92 Å². The summed E-state index contributed by atoms with van der Waals surface area (Å²) in [6.45, 7) is 7.51. The second-order valence-corrected chi connectivity index (χ2v) is 10.9. The molecule has 6 heteroatoms. The summed E-state index contributed by atoms with van der Waals surface area (Å²) in [7, 11) is 1.88. The van der Waals surface area contributed by atoms with Crippen LogP contribution in [0.4, 0.5) is 10.5 Å². The number of amides is 3. The van der Waals surface area contributed by atoms with Crippen LogP contribution < -0.4 is 4.90 Å². The zero-order valence-corrected chi connectivity index (χ0v) is 22.7. The highest BCUT2D eigenvalue weighted by Crippen LogP contribution is 2.25. The van der Waals surface area contributed by atoms with E-state index in [9.17, 15) is 9.59 Å². The topological polar surface area (TPSA) is 47.1 Å². The van der Waals surface area contributed by atoms with Crippen molar-refractivity contribution in [1.82, 2.24) is 14.7 Å². The molecule has 0 spiro atoms. The maximum absolute atomic E-state index is 12.8. The molecule has 37 heavy (non-hydrogen) atoms. The van der Waals surface area contributed by atoms with Crippen molar-refractivity contribution >= 4 is 18.1 Å². The van der Waals surface area contributed by atoms with Gasteiger partial charge < -0.3 is 19.6 Å². The zero-order chi connectivity index (χ0) is 26.0. The molecule has 3 amide bonds. The fraction of sp³-hybridized carbons (Fsp3) is 0.548. The highest BCUT2D eigenvalue weighted by atomic mass is 16.2. The first-order valence-corrected chi connectivity index (χ1v) is 14.2. The number of likely N-dealkylation sites (tertiary alicyclic amines) is 1. The summed E-state index contributed by atoms with van der Waals surface area (Å²) in [5, 5.41) is 0. The maximum atomic E-state index is 12.8. The summed E-state index contributed by atoms with van der Waals surface area (Å²) in [4.78, 5) is 31.4. The van der Waals surface area contributed by atoms with E-state index in [-0.39, 0.29) is 6.03 Å². The second-order valence-electron chi connectivity index (χ2n) is 10.9. The third-order valence-electron chi connectivity index (χ3n) is 8.13. The second kappa shape index (κ2) is 13.5. The van der Waals surface area contributed by atoms with Crippen molar-refractivity contribution in [2.75, 3.05) is 51.2 Å². The van der Waals surface area contributed by atoms with Gasteiger partial charge in [-0.05, 0) is 54.9 Å². The Kier molecular flexibility index (Phi) is 9.86. The van der Waals surface area contributed by atoms with Crippen molar-refractivity contribution < 1.29 is 9.59 Å². The highest BCUT2D eigenvalue weighted by molar-refractivity contribution is 5.75. The molecule has 200 valence electrons. The number of carbonyl (C=O) groups excluding carboxylic acids is 2. The van der Waals surface area contributed by atoms with E-state index in [2.05, 4.69) is 65.3 Å². The van der Waals surface area contributed by atoms with Gasteiger partial charge in [0.05, 0.1) is 0 Å². The fourth-order valence-electron chi connectivity index (χ4n) is 5.79. The van der Waals surface area contributed by atoms with E-state index in [4.69, 9.17) is 0 Å². The predicted octanol–water partition coefficient (Wildman–Crippen LogP) is 5.73. The normalized spacial score (nSPS) is 20.6. The lowest BCUT2D eigenvalue weighted by molar-refractivity contribution is -0.119. The first-order chi connectivity index (χ1) is 18.0. The summed E-state index contributed by atoms with van der Waals surface area (Å²) in [5.74, 6) is 0.632. The molecule has 2 aliphatic heterocycles. The van der Waals surface area contributed by atoms with Gasteiger partial charge >= 0.3 is 6.03 Å². The van der Waals surface area contributed by atoms with Crippen molar-refractivity contribution in [3.05, 3.63) is 54.6 Å². The van der Waals surface area contributed by atoms with E-state index < -0.39 is 0 Å². The Morgan fingerprint density at radius 2 is 1.43 bits per heavy atom. The molecule has 1 unspecified atom stereocenters. The van der Waals surface area contributed by atoms with E-state index in [1.165, 1.54) is 55.3 Å². The van der Waals surface area contributed by atoms with Crippen molar-refractivity contribution in [3.63, 3.8) is 0 Å². The first-order valence-electron chi connectivity index (χ1n) is 14.2. The number of nitrogens with zero attached hydrogens (tertiary/aromatic N) is 4. The lowest BCUT2D eigenvalue weighted by Crippen LogP contribution is -2.54. The molecule has 5 rings (SSSR count). The highest BCUT2D eigenvalue weighted by Gasteiger charge is 2.28. The first kappa shape index (κ1) is 27.0. The molecule has 2 heterocycles. The molecule has 0 N–H and O–H groups in total. The molecule has 0 radical (unpaired) electrons. The SMILES string of the molecule is CC1CCCN(C(=O)N2CCN(c3ccc(-c4ccccc4)cc3)CC2)C1.CN(C=O)C1CCCCC1. The molecule has 2 saturated heterocycles. The molecule has 3 fully saturated rings. The third kappa shape index (κ3) is 7.50. The lowest BCUT2D eigenvalue weighted by atomic mass is 9.95. The van der Waals surface area contributed by atoms with Crippen LogP contribution in [0.5, 0.6) is 0 Å². The molecular formula is C31H44N4O2. The Balaban J connectivity index is 0.000000270. The van der Waals surface area contributed by atoms with E-state index in [0.717, 1.165) is 52.1 Å². The number of anilines is 1. The van der Waals surface area contributed by atoms with Gasteiger partial charge in [0.25, 0.3) is 0 Å². The molecule has 3 aliphatic rings. The van der Waals surface area contributed by atoms with Gasteiger partial charge in [0.2, 0.25) is 6.41 Å². The van der Waals surface area contributed by atoms with Crippen molar-refractivity contribution in [2.45, 2.75) is 57.9 Å². The van der Waals surface area contributed by atoms with Crippen LogP contribution in [-0.4, -0.2) is 79.5 Å². The van der Waals surface area contributed by atoms with Crippen LogP contribution in [-0.2, 0) is 4.79 Å². The Bertz CT molecular complexity index is 966. The predicted molar refractivity (Wildman–Crippen MR) is 152 cm³/mol. The van der Waals surface area contributed by atoms with Gasteiger partial charge in [0.15, 0.2) is 0 Å². The van der Waals surface area contributed by atoms with E-state index >= 15 is 0 Å². The fourth-order valence-corrected chi connectivity index (χ4v) is 5.79. The number of benzene rings is 2. The monoisotopic (exact) mass is 504 g/mol. The molecule has 1 atom stereocenters. The van der Waals surface area contributed by atoms with E-state index in [0.29, 0.717) is 12.0 Å². The summed E-state index contributed by atoms with van der Waals surface area (Å²) >= 11 is 0. The Morgan fingerprint density at radius 3 is 2.05 bits per heavy atom. The van der Waals surface area contributed by atoms with Crippen molar-refractivity contribution in [3.8, 4) is 11.1 Å². The van der Waals surface area contributed by atoms with Crippen LogP contribution in [0.25, 0.3) is 11.1 Å². The standard InChI is InChI=1S/C23H29N3O.C8H15NO/c1-19-6-5-13-26(18-19)23(27)25-16-14-24(15-17-25)22-11-9-21(10-12-22)20-7-3-2-4-8-20;1-9(7-10)8-5-3-2-4-6-8/h2-4,7-12,19H,5-6,13-18H2,1H3;7-8H,2-6H2,1H3. The third-order valence-corrected chi connectivity index (χ3v) is 8.13. The average Bonchev–Trinajstić information content (AvgIpc) is 2.98. The minimum absolute atomic E-state index is 0.237. The smallest absolute Gasteiger partial charge is 0.320 e. The van der Waals surface area contributed by atoms with Gasteiger partial charge in [-0.15, -0.1) is 0 Å². The Labute approximate surface area is 223 Å². The van der Waals surface area contributed by atoms with Crippen LogP contribution in [0.2, 0.25) is 0 Å². The molecular weight excluding hydrogens is 460 g/mol. The van der Waals surface area contributed by atoms with Crippen LogP contribution in [0.1, 0.15) is 51.9 Å². The molecule has 0 aromatic heterocycles. The van der Waals surface area contributed by atoms with Gasteiger partial charge in [-0.1, -0.05) is 68.7 Å².